The zero-order chi connectivity index (χ0) is 14.7. The number of pyridine rings is 1. The summed E-state index contributed by atoms with van der Waals surface area (Å²) in [5.74, 6) is 1.05. The molecule has 1 N–H and O–H groups in total. The van der Waals surface area contributed by atoms with Gasteiger partial charge in [0.25, 0.3) is 0 Å². The molecule has 3 aromatic heterocycles. The van der Waals surface area contributed by atoms with Crippen LogP contribution in [0.4, 0.5) is 0 Å². The van der Waals surface area contributed by atoms with Gasteiger partial charge in [0, 0.05) is 25.2 Å². The second kappa shape index (κ2) is 6.14. The summed E-state index contributed by atoms with van der Waals surface area (Å²) in [6.45, 7) is 5.11. The van der Waals surface area contributed by atoms with Crippen LogP contribution in [0.5, 0.6) is 0 Å². The van der Waals surface area contributed by atoms with Crippen LogP contribution in [0, 0.1) is 6.92 Å². The minimum absolute atomic E-state index is 0.434. The Balaban J connectivity index is 1.59. The van der Waals surface area contributed by atoms with Gasteiger partial charge in [-0.2, -0.15) is 0 Å². The van der Waals surface area contributed by atoms with Crippen molar-refractivity contribution in [3.63, 3.8) is 0 Å². The minimum Gasteiger partial charge on any atom is -0.469 e. The highest BCUT2D eigenvalue weighted by Crippen LogP contribution is 2.12. The Morgan fingerprint density at radius 3 is 3.00 bits per heavy atom. The molecule has 0 aliphatic heterocycles. The number of imidazole rings is 1. The number of hydrogen-bond acceptors (Lipinski definition) is 3. The standard InChI is InChI=1S/C17H21N3O/c1-13(8-9-15-6-5-11-21-15)18-12-16-14(2)19-17-7-3-4-10-20(16)17/h3-7,10-11,13,18H,8-9,12H2,1-2H3. The molecule has 3 rings (SSSR count). The third-order valence-corrected chi connectivity index (χ3v) is 3.85. The molecule has 0 aliphatic rings. The summed E-state index contributed by atoms with van der Waals surface area (Å²) in [5.41, 5.74) is 3.33. The van der Waals surface area contributed by atoms with E-state index in [9.17, 15) is 0 Å². The minimum atomic E-state index is 0.434. The average Bonchev–Trinajstić information content (AvgIpc) is 3.10. The predicted molar refractivity (Wildman–Crippen MR) is 83.3 cm³/mol. The van der Waals surface area contributed by atoms with E-state index in [4.69, 9.17) is 4.42 Å². The number of nitrogens with zero attached hydrogens (tertiary/aromatic N) is 2. The third kappa shape index (κ3) is 3.16. The molecular formula is C17H21N3O. The molecule has 0 saturated carbocycles. The van der Waals surface area contributed by atoms with Gasteiger partial charge in [0.05, 0.1) is 17.7 Å². The van der Waals surface area contributed by atoms with Crippen LogP contribution in [0.15, 0.2) is 47.2 Å². The van der Waals surface area contributed by atoms with E-state index in [0.717, 1.165) is 36.5 Å². The molecule has 4 heteroatoms. The molecule has 0 amide bonds. The lowest BCUT2D eigenvalue weighted by molar-refractivity contribution is 0.457. The second-order valence-corrected chi connectivity index (χ2v) is 5.47. The van der Waals surface area contributed by atoms with Gasteiger partial charge in [0.15, 0.2) is 0 Å². The molecule has 0 saturated heterocycles. The van der Waals surface area contributed by atoms with E-state index in [1.165, 1.54) is 5.69 Å². The number of rotatable bonds is 6. The van der Waals surface area contributed by atoms with Gasteiger partial charge in [-0.1, -0.05) is 6.07 Å². The first kappa shape index (κ1) is 13.9. The number of hydrogen-bond donors (Lipinski definition) is 1. The van der Waals surface area contributed by atoms with Crippen LogP contribution >= 0.6 is 0 Å². The predicted octanol–water partition coefficient (Wildman–Crippen LogP) is 3.35. The summed E-state index contributed by atoms with van der Waals surface area (Å²) in [4.78, 5) is 4.59. The molecule has 110 valence electrons. The fourth-order valence-electron chi connectivity index (χ4n) is 2.56. The van der Waals surface area contributed by atoms with E-state index < -0.39 is 0 Å². The van der Waals surface area contributed by atoms with Crippen molar-refractivity contribution in [1.29, 1.82) is 0 Å². The molecule has 0 fully saturated rings. The lowest BCUT2D eigenvalue weighted by Gasteiger charge is -2.13. The Kier molecular flexibility index (Phi) is 4.06. The molecule has 4 nitrogen and oxygen atoms in total. The maximum atomic E-state index is 5.37. The molecule has 0 aromatic carbocycles. The van der Waals surface area contributed by atoms with Gasteiger partial charge in [-0.05, 0) is 44.5 Å². The Morgan fingerprint density at radius 2 is 2.19 bits per heavy atom. The number of nitrogens with one attached hydrogen (secondary N) is 1. The molecule has 21 heavy (non-hydrogen) atoms. The van der Waals surface area contributed by atoms with Crippen molar-refractivity contribution >= 4 is 5.65 Å². The van der Waals surface area contributed by atoms with Crippen molar-refractivity contribution in [1.82, 2.24) is 14.7 Å². The highest BCUT2D eigenvalue weighted by Gasteiger charge is 2.10. The monoisotopic (exact) mass is 283 g/mol. The van der Waals surface area contributed by atoms with Gasteiger partial charge in [-0.25, -0.2) is 4.98 Å². The molecule has 3 aromatic rings. The Labute approximate surface area is 124 Å². The number of fused-ring (bicyclic) bond motifs is 1. The smallest absolute Gasteiger partial charge is 0.137 e. The summed E-state index contributed by atoms with van der Waals surface area (Å²) in [5, 5.41) is 3.58. The van der Waals surface area contributed by atoms with Crippen LogP contribution in [0.1, 0.15) is 30.5 Å². The van der Waals surface area contributed by atoms with Crippen molar-refractivity contribution in [3.8, 4) is 0 Å². The quantitative estimate of drug-likeness (QED) is 0.754. The third-order valence-electron chi connectivity index (χ3n) is 3.85. The molecular weight excluding hydrogens is 262 g/mol. The molecule has 0 spiro atoms. The van der Waals surface area contributed by atoms with Crippen molar-refractivity contribution in [2.45, 2.75) is 39.3 Å². The van der Waals surface area contributed by atoms with Gasteiger partial charge in [0.2, 0.25) is 0 Å². The van der Waals surface area contributed by atoms with Gasteiger partial charge < -0.3 is 14.1 Å². The molecule has 0 bridgehead atoms. The van der Waals surface area contributed by atoms with Crippen molar-refractivity contribution in [2.75, 3.05) is 0 Å². The topological polar surface area (TPSA) is 42.5 Å². The van der Waals surface area contributed by atoms with E-state index in [-0.39, 0.29) is 0 Å². The van der Waals surface area contributed by atoms with Crippen LogP contribution < -0.4 is 5.32 Å². The largest absolute Gasteiger partial charge is 0.469 e. The first-order valence-corrected chi connectivity index (χ1v) is 7.42. The van der Waals surface area contributed by atoms with E-state index in [0.29, 0.717) is 6.04 Å². The van der Waals surface area contributed by atoms with Gasteiger partial charge in [-0.3, -0.25) is 0 Å². The van der Waals surface area contributed by atoms with Gasteiger partial charge in [-0.15, -0.1) is 0 Å². The lowest BCUT2D eigenvalue weighted by atomic mass is 10.1. The summed E-state index contributed by atoms with van der Waals surface area (Å²) in [6.07, 6.45) is 5.83. The van der Waals surface area contributed by atoms with Gasteiger partial charge in [0.1, 0.15) is 11.4 Å². The first-order valence-electron chi connectivity index (χ1n) is 7.42. The SMILES string of the molecule is Cc1nc2ccccn2c1CNC(C)CCc1ccco1. The van der Waals surface area contributed by atoms with Crippen LogP contribution in [0.3, 0.4) is 0 Å². The van der Waals surface area contributed by atoms with E-state index >= 15 is 0 Å². The van der Waals surface area contributed by atoms with Crippen molar-refractivity contribution in [3.05, 3.63) is 59.9 Å². The molecule has 0 aliphatic carbocycles. The summed E-state index contributed by atoms with van der Waals surface area (Å²) < 4.78 is 7.52. The molecule has 1 unspecified atom stereocenters. The molecule has 0 radical (unpaired) electrons. The summed E-state index contributed by atoms with van der Waals surface area (Å²) in [7, 11) is 0. The summed E-state index contributed by atoms with van der Waals surface area (Å²) in [6, 6.07) is 10.5. The van der Waals surface area contributed by atoms with Crippen LogP contribution in [-0.4, -0.2) is 15.4 Å². The van der Waals surface area contributed by atoms with Gasteiger partial charge >= 0.3 is 0 Å². The fourth-order valence-corrected chi connectivity index (χ4v) is 2.56. The highest BCUT2D eigenvalue weighted by atomic mass is 16.3. The van der Waals surface area contributed by atoms with Crippen molar-refractivity contribution in [2.24, 2.45) is 0 Å². The second-order valence-electron chi connectivity index (χ2n) is 5.47. The Hall–Kier alpha value is -2.07. The maximum Gasteiger partial charge on any atom is 0.137 e. The number of aromatic nitrogens is 2. The zero-order valence-corrected chi connectivity index (χ0v) is 12.5. The van der Waals surface area contributed by atoms with E-state index in [2.05, 4.69) is 34.7 Å². The van der Waals surface area contributed by atoms with Crippen molar-refractivity contribution < 1.29 is 4.42 Å². The maximum absolute atomic E-state index is 5.37. The van der Waals surface area contributed by atoms with Crippen LogP contribution in [0.2, 0.25) is 0 Å². The lowest BCUT2D eigenvalue weighted by Crippen LogP contribution is -2.26. The Bertz CT molecular complexity index is 700. The first-order chi connectivity index (χ1) is 10.2. The van der Waals surface area contributed by atoms with E-state index in [1.54, 1.807) is 6.26 Å². The van der Waals surface area contributed by atoms with E-state index in [1.807, 2.05) is 30.3 Å². The molecule has 1 atom stereocenters. The van der Waals surface area contributed by atoms with Crippen LogP contribution in [-0.2, 0) is 13.0 Å². The normalized spacial score (nSPS) is 12.9. The number of furan rings is 1. The highest BCUT2D eigenvalue weighted by molar-refractivity contribution is 5.42. The average molecular weight is 283 g/mol. The Morgan fingerprint density at radius 1 is 1.29 bits per heavy atom. The molecule has 3 heterocycles. The fraction of sp³-hybridized carbons (Fsp3) is 0.353. The van der Waals surface area contributed by atoms with Crippen LogP contribution in [0.25, 0.3) is 5.65 Å². The number of aryl methyl sites for hydroxylation is 2. The summed E-state index contributed by atoms with van der Waals surface area (Å²) >= 11 is 0. The zero-order valence-electron chi connectivity index (χ0n) is 12.5.